The van der Waals surface area contributed by atoms with E-state index in [9.17, 15) is 4.79 Å². The molecule has 3 N–H and O–H groups in total. The number of nitrogens with one attached hydrogen (secondary N) is 2. The summed E-state index contributed by atoms with van der Waals surface area (Å²) in [6, 6.07) is 5.63. The molecule has 0 atom stereocenters. The predicted octanol–water partition coefficient (Wildman–Crippen LogP) is 4.06. The van der Waals surface area contributed by atoms with Gasteiger partial charge in [0.25, 0.3) is 5.91 Å². The fourth-order valence-electron chi connectivity index (χ4n) is 2.99. The van der Waals surface area contributed by atoms with Gasteiger partial charge in [-0.25, -0.2) is 9.97 Å². The molecule has 1 aromatic carbocycles. The quantitative estimate of drug-likeness (QED) is 0.241. The van der Waals surface area contributed by atoms with E-state index in [4.69, 9.17) is 21.7 Å². The van der Waals surface area contributed by atoms with Crippen molar-refractivity contribution in [3.8, 4) is 0 Å². The summed E-state index contributed by atoms with van der Waals surface area (Å²) in [5.74, 6) is 0.624. The van der Waals surface area contributed by atoms with Gasteiger partial charge in [0.2, 0.25) is 0 Å². The molecule has 164 valence electrons. The molecule has 0 saturated heterocycles. The van der Waals surface area contributed by atoms with Crippen molar-refractivity contribution in [3.63, 3.8) is 0 Å². The number of carbonyl (C=O) groups excluding carboxylic acids is 1. The van der Waals surface area contributed by atoms with Crippen molar-refractivity contribution in [2.24, 2.45) is 7.05 Å². The van der Waals surface area contributed by atoms with E-state index in [0.29, 0.717) is 30.1 Å². The number of aliphatic hydroxyl groups excluding tert-OH is 1. The van der Waals surface area contributed by atoms with E-state index in [1.807, 2.05) is 36.7 Å². The molecule has 31 heavy (non-hydrogen) atoms. The van der Waals surface area contributed by atoms with Crippen LogP contribution in [0.15, 0.2) is 36.4 Å². The zero-order valence-corrected chi connectivity index (χ0v) is 19.2. The van der Waals surface area contributed by atoms with Crippen molar-refractivity contribution < 1.29 is 9.90 Å². The molecule has 3 rings (SSSR count). The second-order valence-electron chi connectivity index (χ2n) is 7.03. The van der Waals surface area contributed by atoms with Crippen LogP contribution in [0.4, 0.5) is 5.13 Å². The summed E-state index contributed by atoms with van der Waals surface area (Å²) < 4.78 is 3.01. The summed E-state index contributed by atoms with van der Waals surface area (Å²) in [6.07, 6.45) is 4.65. The fourth-order valence-corrected chi connectivity index (χ4v) is 4.13. The number of imidazole rings is 1. The summed E-state index contributed by atoms with van der Waals surface area (Å²) in [5.41, 5.74) is 3.01. The molecule has 1 amide bonds. The number of aromatic nitrogens is 3. The zero-order valence-electron chi connectivity index (χ0n) is 17.6. The fraction of sp³-hybridized carbons (Fsp3) is 0.318. The number of carbonyl (C=O) groups is 1. The number of anilines is 1. The zero-order chi connectivity index (χ0) is 22.4. The molecule has 0 saturated carbocycles. The van der Waals surface area contributed by atoms with E-state index in [2.05, 4.69) is 22.2 Å². The van der Waals surface area contributed by atoms with Gasteiger partial charge in [-0.3, -0.25) is 4.79 Å². The Balaban J connectivity index is 1.71. The highest BCUT2D eigenvalue weighted by Gasteiger charge is 2.13. The van der Waals surface area contributed by atoms with Crippen LogP contribution < -0.4 is 10.6 Å². The Hall–Kier alpha value is -2.68. The number of fused-ring (bicyclic) bond motifs is 1. The second-order valence-corrected chi connectivity index (χ2v) is 8.50. The monoisotopic (exact) mass is 459 g/mol. The summed E-state index contributed by atoms with van der Waals surface area (Å²) >= 11 is 7.59. The molecule has 0 spiro atoms. The largest absolute Gasteiger partial charge is 0.396 e. The van der Waals surface area contributed by atoms with Gasteiger partial charge in [-0.15, -0.1) is 0 Å². The molecule has 9 heteroatoms. The van der Waals surface area contributed by atoms with Gasteiger partial charge in [-0.05, 0) is 44.0 Å². The van der Waals surface area contributed by atoms with Crippen LogP contribution in [0.2, 0.25) is 5.02 Å². The van der Waals surface area contributed by atoms with Crippen molar-refractivity contribution in [1.29, 1.82) is 0 Å². The second kappa shape index (κ2) is 10.6. The summed E-state index contributed by atoms with van der Waals surface area (Å²) in [6.45, 7) is 6.84. The minimum absolute atomic E-state index is 0.120. The molecular weight excluding hydrogens is 434 g/mol. The first-order valence-corrected chi connectivity index (χ1v) is 11.2. The molecule has 2 aromatic heterocycles. The molecule has 3 aromatic rings. The molecule has 0 aliphatic rings. The maximum absolute atomic E-state index is 12.4. The normalized spacial score (nSPS) is 11.7. The lowest BCUT2D eigenvalue weighted by Crippen LogP contribution is -2.25. The van der Waals surface area contributed by atoms with E-state index in [1.54, 1.807) is 6.08 Å². The first-order chi connectivity index (χ1) is 14.9. The molecule has 2 heterocycles. The van der Waals surface area contributed by atoms with Crippen molar-refractivity contribution >= 4 is 50.3 Å². The minimum atomic E-state index is -0.203. The van der Waals surface area contributed by atoms with Gasteiger partial charge >= 0.3 is 0 Å². The standard InChI is InChI=1S/C22H26ClN5O2S/c1-4-15(21(30)24-9-5-6-10-29)11-18-14(2)28(3)20(26-18)13-25-22-27-17-8-7-16(23)12-19(17)31-22/h4,7-8,11-12,29H,1,5-6,9-10,13H2,2-3H3,(H,24,30)(H,25,27)/b15-11+. The first kappa shape index (κ1) is 23.0. The van der Waals surface area contributed by atoms with Gasteiger partial charge in [-0.2, -0.15) is 0 Å². The highest BCUT2D eigenvalue weighted by Crippen LogP contribution is 2.28. The molecule has 0 aliphatic heterocycles. The van der Waals surface area contributed by atoms with Gasteiger partial charge in [0.1, 0.15) is 5.82 Å². The van der Waals surface area contributed by atoms with Crippen LogP contribution in [0.25, 0.3) is 16.3 Å². The van der Waals surface area contributed by atoms with Crippen LogP contribution >= 0.6 is 22.9 Å². The number of halogens is 1. The SMILES string of the molecule is C=C/C(=C\c1nc(CNc2nc3ccc(Cl)cc3s2)n(C)c1C)C(=O)NCCCCO. The lowest BCUT2D eigenvalue weighted by Gasteiger charge is -2.05. The van der Waals surface area contributed by atoms with Crippen molar-refractivity contribution in [1.82, 2.24) is 19.9 Å². The van der Waals surface area contributed by atoms with Crippen molar-refractivity contribution in [3.05, 3.63) is 58.7 Å². The number of hydrogen-bond donors (Lipinski definition) is 3. The van der Waals surface area contributed by atoms with Crippen LogP contribution in [0, 0.1) is 6.92 Å². The van der Waals surface area contributed by atoms with Crippen LogP contribution in [-0.2, 0) is 18.4 Å². The number of amides is 1. The van der Waals surface area contributed by atoms with Crippen LogP contribution in [-0.4, -0.2) is 38.7 Å². The van der Waals surface area contributed by atoms with Gasteiger partial charge in [-0.1, -0.05) is 35.6 Å². The van der Waals surface area contributed by atoms with Crippen LogP contribution in [0.5, 0.6) is 0 Å². The third kappa shape index (κ3) is 5.72. The first-order valence-electron chi connectivity index (χ1n) is 9.98. The lowest BCUT2D eigenvalue weighted by atomic mass is 10.2. The highest BCUT2D eigenvalue weighted by molar-refractivity contribution is 7.22. The maximum Gasteiger partial charge on any atom is 0.251 e. The van der Waals surface area contributed by atoms with E-state index in [0.717, 1.165) is 39.0 Å². The van der Waals surface area contributed by atoms with Gasteiger partial charge in [0.15, 0.2) is 5.13 Å². The van der Waals surface area contributed by atoms with Crippen molar-refractivity contribution in [2.45, 2.75) is 26.3 Å². The number of nitrogens with zero attached hydrogens (tertiary/aromatic N) is 3. The molecular formula is C22H26ClN5O2S. The summed E-state index contributed by atoms with van der Waals surface area (Å²) in [7, 11) is 1.94. The molecule has 0 bridgehead atoms. The van der Waals surface area contributed by atoms with Crippen LogP contribution in [0.3, 0.4) is 0 Å². The Bertz CT molecular complexity index is 1120. The van der Waals surface area contributed by atoms with Crippen molar-refractivity contribution in [2.75, 3.05) is 18.5 Å². The Kier molecular flexibility index (Phi) is 7.84. The lowest BCUT2D eigenvalue weighted by molar-refractivity contribution is -0.117. The number of thiazole rings is 1. The minimum Gasteiger partial charge on any atom is -0.396 e. The van der Waals surface area contributed by atoms with Gasteiger partial charge in [0, 0.05) is 36.5 Å². The van der Waals surface area contributed by atoms with E-state index < -0.39 is 0 Å². The van der Waals surface area contributed by atoms with Crippen LogP contribution in [0.1, 0.15) is 30.1 Å². The molecule has 0 fully saturated rings. The average molecular weight is 460 g/mol. The highest BCUT2D eigenvalue weighted by atomic mass is 35.5. The van der Waals surface area contributed by atoms with Gasteiger partial charge < -0.3 is 20.3 Å². The number of rotatable bonds is 10. The summed E-state index contributed by atoms with van der Waals surface area (Å²) in [4.78, 5) is 21.7. The molecule has 0 aliphatic carbocycles. The molecule has 0 unspecified atom stereocenters. The maximum atomic E-state index is 12.4. The van der Waals surface area contributed by atoms with E-state index >= 15 is 0 Å². The molecule has 0 radical (unpaired) electrons. The third-order valence-corrected chi connectivity index (χ3v) is 6.11. The van der Waals surface area contributed by atoms with E-state index in [-0.39, 0.29) is 12.5 Å². The number of hydrogen-bond acceptors (Lipinski definition) is 6. The topological polar surface area (TPSA) is 92.1 Å². The smallest absolute Gasteiger partial charge is 0.251 e. The predicted molar refractivity (Wildman–Crippen MR) is 127 cm³/mol. The Morgan fingerprint density at radius 1 is 1.35 bits per heavy atom. The summed E-state index contributed by atoms with van der Waals surface area (Å²) in [5, 5.41) is 16.5. The Morgan fingerprint density at radius 2 is 2.16 bits per heavy atom. The number of benzene rings is 1. The molecule has 7 nitrogen and oxygen atoms in total. The Morgan fingerprint density at radius 3 is 2.90 bits per heavy atom. The van der Waals surface area contributed by atoms with E-state index in [1.165, 1.54) is 17.4 Å². The number of unbranched alkanes of at least 4 members (excludes halogenated alkanes) is 1. The average Bonchev–Trinajstić information content (AvgIpc) is 3.28. The van der Waals surface area contributed by atoms with Gasteiger partial charge in [0.05, 0.1) is 22.5 Å². The Labute approximate surface area is 190 Å². The third-order valence-electron chi connectivity index (χ3n) is 4.90. The number of aliphatic hydroxyl groups is 1.